The van der Waals surface area contributed by atoms with Crippen molar-refractivity contribution in [1.82, 2.24) is 25.5 Å². The van der Waals surface area contributed by atoms with Gasteiger partial charge in [-0.1, -0.05) is 0 Å². The smallest absolute Gasteiger partial charge is 0.138 e. The molecule has 0 saturated carbocycles. The van der Waals surface area contributed by atoms with E-state index in [1.54, 1.807) is 23.5 Å². The maximum atomic E-state index is 12.9. The van der Waals surface area contributed by atoms with E-state index in [0.29, 0.717) is 13.1 Å². The topological polar surface area (TPSA) is 66.5 Å². The molecule has 102 valence electrons. The van der Waals surface area contributed by atoms with Crippen LogP contribution in [0, 0.1) is 5.82 Å². The summed E-state index contributed by atoms with van der Waals surface area (Å²) in [4.78, 5) is 8.54. The molecule has 0 fully saturated rings. The molecular formula is C13H12FN5S. The average Bonchev–Trinajstić information content (AvgIpc) is 3.11. The fraction of sp³-hybridized carbons (Fsp3) is 0.154. The second kappa shape index (κ2) is 5.89. The number of H-pyrrole nitrogens is 1. The summed E-state index contributed by atoms with van der Waals surface area (Å²) in [5.74, 6) is 0.554. The van der Waals surface area contributed by atoms with Crippen LogP contribution in [0.1, 0.15) is 11.5 Å². The summed E-state index contributed by atoms with van der Waals surface area (Å²) in [5.41, 5.74) is 1.88. The Morgan fingerprint density at radius 1 is 1.20 bits per heavy atom. The highest BCUT2D eigenvalue weighted by molar-refractivity contribution is 7.13. The first kappa shape index (κ1) is 12.9. The molecule has 3 aromatic rings. The van der Waals surface area contributed by atoms with Gasteiger partial charge in [0.2, 0.25) is 0 Å². The molecule has 2 N–H and O–H groups in total. The Morgan fingerprint density at radius 3 is 2.80 bits per heavy atom. The van der Waals surface area contributed by atoms with Gasteiger partial charge in [-0.2, -0.15) is 5.10 Å². The molecule has 7 heteroatoms. The molecule has 0 aliphatic carbocycles. The maximum absolute atomic E-state index is 12.9. The van der Waals surface area contributed by atoms with E-state index in [0.717, 1.165) is 22.1 Å². The quantitative estimate of drug-likeness (QED) is 0.756. The standard InChI is InChI=1S/C13H12FN5S/c14-10-3-1-9(2-4-10)13-18-11(7-20-13)5-15-6-12-16-8-17-19-12/h1-4,7-8,15H,5-6H2,(H,16,17,19). The highest BCUT2D eigenvalue weighted by Gasteiger charge is 2.05. The highest BCUT2D eigenvalue weighted by Crippen LogP contribution is 2.23. The van der Waals surface area contributed by atoms with Gasteiger partial charge < -0.3 is 5.32 Å². The Balaban J connectivity index is 1.60. The predicted molar refractivity (Wildman–Crippen MR) is 74.4 cm³/mol. The monoisotopic (exact) mass is 289 g/mol. The van der Waals surface area contributed by atoms with Gasteiger partial charge in [-0.25, -0.2) is 14.4 Å². The van der Waals surface area contributed by atoms with E-state index in [2.05, 4.69) is 25.5 Å². The summed E-state index contributed by atoms with van der Waals surface area (Å²) >= 11 is 1.55. The van der Waals surface area contributed by atoms with Crippen LogP contribution in [0.5, 0.6) is 0 Å². The Morgan fingerprint density at radius 2 is 2.05 bits per heavy atom. The number of halogens is 1. The van der Waals surface area contributed by atoms with Crippen molar-refractivity contribution in [2.75, 3.05) is 0 Å². The zero-order chi connectivity index (χ0) is 13.8. The molecule has 0 unspecified atom stereocenters. The zero-order valence-electron chi connectivity index (χ0n) is 10.5. The maximum Gasteiger partial charge on any atom is 0.138 e. The van der Waals surface area contributed by atoms with E-state index < -0.39 is 0 Å². The number of thiazole rings is 1. The molecule has 0 radical (unpaired) electrons. The van der Waals surface area contributed by atoms with E-state index >= 15 is 0 Å². The van der Waals surface area contributed by atoms with E-state index in [9.17, 15) is 4.39 Å². The van der Waals surface area contributed by atoms with Crippen molar-refractivity contribution in [1.29, 1.82) is 0 Å². The minimum absolute atomic E-state index is 0.237. The van der Waals surface area contributed by atoms with Crippen LogP contribution in [-0.4, -0.2) is 20.2 Å². The van der Waals surface area contributed by atoms with Crippen molar-refractivity contribution in [2.24, 2.45) is 0 Å². The summed E-state index contributed by atoms with van der Waals surface area (Å²) in [6.07, 6.45) is 1.48. The predicted octanol–water partition coefficient (Wildman–Crippen LogP) is 2.36. The fourth-order valence-electron chi connectivity index (χ4n) is 1.74. The largest absolute Gasteiger partial charge is 0.304 e. The van der Waals surface area contributed by atoms with Crippen LogP contribution in [-0.2, 0) is 13.1 Å². The number of aromatic nitrogens is 4. The zero-order valence-corrected chi connectivity index (χ0v) is 11.3. The number of nitrogens with one attached hydrogen (secondary N) is 2. The third kappa shape index (κ3) is 3.06. The van der Waals surface area contributed by atoms with Gasteiger partial charge in [-0.05, 0) is 24.3 Å². The molecule has 0 saturated heterocycles. The van der Waals surface area contributed by atoms with Crippen LogP contribution in [0.15, 0.2) is 36.0 Å². The molecule has 0 atom stereocenters. The minimum atomic E-state index is -0.237. The number of rotatable bonds is 5. The number of hydrogen-bond acceptors (Lipinski definition) is 5. The molecule has 2 aromatic heterocycles. The molecular weight excluding hydrogens is 277 g/mol. The van der Waals surface area contributed by atoms with Crippen molar-refractivity contribution in [3.63, 3.8) is 0 Å². The number of aromatic amines is 1. The number of benzene rings is 1. The molecule has 0 amide bonds. The van der Waals surface area contributed by atoms with E-state index in [1.807, 2.05) is 5.38 Å². The third-order valence-electron chi connectivity index (χ3n) is 2.71. The van der Waals surface area contributed by atoms with Crippen molar-refractivity contribution in [3.05, 3.63) is 53.3 Å². The van der Waals surface area contributed by atoms with Crippen LogP contribution >= 0.6 is 11.3 Å². The van der Waals surface area contributed by atoms with Gasteiger partial charge in [0.05, 0.1) is 12.2 Å². The van der Waals surface area contributed by atoms with E-state index in [-0.39, 0.29) is 5.82 Å². The molecule has 0 aliphatic heterocycles. The Hall–Kier alpha value is -2.12. The highest BCUT2D eigenvalue weighted by atomic mass is 32.1. The number of nitrogens with zero attached hydrogens (tertiary/aromatic N) is 3. The van der Waals surface area contributed by atoms with Gasteiger partial charge in [0, 0.05) is 17.5 Å². The molecule has 20 heavy (non-hydrogen) atoms. The molecule has 0 spiro atoms. The van der Waals surface area contributed by atoms with Crippen LogP contribution in [0.25, 0.3) is 10.6 Å². The van der Waals surface area contributed by atoms with Crippen molar-refractivity contribution in [3.8, 4) is 10.6 Å². The minimum Gasteiger partial charge on any atom is -0.304 e. The summed E-state index contributed by atoms with van der Waals surface area (Å²) in [7, 11) is 0. The second-order valence-corrected chi connectivity index (χ2v) is 5.04. The normalized spacial score (nSPS) is 10.8. The third-order valence-corrected chi connectivity index (χ3v) is 3.65. The van der Waals surface area contributed by atoms with E-state index in [1.165, 1.54) is 18.5 Å². The molecule has 2 heterocycles. The summed E-state index contributed by atoms with van der Waals surface area (Å²) in [6.45, 7) is 1.27. The molecule has 0 bridgehead atoms. The SMILES string of the molecule is Fc1ccc(-c2nc(CNCc3ncn[nH]3)cs2)cc1. The summed E-state index contributed by atoms with van der Waals surface area (Å²) in [6, 6.07) is 6.36. The van der Waals surface area contributed by atoms with Crippen LogP contribution < -0.4 is 5.32 Å². The molecule has 5 nitrogen and oxygen atoms in total. The lowest BCUT2D eigenvalue weighted by atomic mass is 10.2. The summed E-state index contributed by atoms with van der Waals surface area (Å²) in [5, 5.41) is 12.7. The van der Waals surface area contributed by atoms with Gasteiger partial charge >= 0.3 is 0 Å². The van der Waals surface area contributed by atoms with Crippen molar-refractivity contribution >= 4 is 11.3 Å². The molecule has 3 rings (SSSR count). The summed E-state index contributed by atoms with van der Waals surface area (Å²) < 4.78 is 12.9. The fourth-order valence-corrected chi connectivity index (χ4v) is 2.56. The van der Waals surface area contributed by atoms with Crippen LogP contribution in [0.4, 0.5) is 4.39 Å². The van der Waals surface area contributed by atoms with E-state index in [4.69, 9.17) is 0 Å². The lowest BCUT2D eigenvalue weighted by Gasteiger charge is -1.99. The second-order valence-electron chi connectivity index (χ2n) is 4.19. The van der Waals surface area contributed by atoms with Crippen molar-refractivity contribution in [2.45, 2.75) is 13.1 Å². The van der Waals surface area contributed by atoms with Gasteiger partial charge in [-0.15, -0.1) is 11.3 Å². The van der Waals surface area contributed by atoms with Crippen molar-refractivity contribution < 1.29 is 4.39 Å². The Bertz CT molecular complexity index is 662. The van der Waals surface area contributed by atoms with Gasteiger partial charge in [0.15, 0.2) is 0 Å². The lowest BCUT2D eigenvalue weighted by Crippen LogP contribution is -2.13. The van der Waals surface area contributed by atoms with Gasteiger partial charge in [0.1, 0.15) is 23.0 Å². The Kier molecular flexibility index (Phi) is 3.80. The molecule has 1 aromatic carbocycles. The Labute approximate surface area is 118 Å². The van der Waals surface area contributed by atoms with Gasteiger partial charge in [0.25, 0.3) is 0 Å². The van der Waals surface area contributed by atoms with Gasteiger partial charge in [-0.3, -0.25) is 5.10 Å². The first-order valence-electron chi connectivity index (χ1n) is 6.06. The van der Waals surface area contributed by atoms with Crippen LogP contribution in [0.2, 0.25) is 0 Å². The average molecular weight is 289 g/mol. The first-order chi connectivity index (χ1) is 9.81. The van der Waals surface area contributed by atoms with Crippen LogP contribution in [0.3, 0.4) is 0 Å². The lowest BCUT2D eigenvalue weighted by molar-refractivity contribution is 0.628. The first-order valence-corrected chi connectivity index (χ1v) is 6.94. The molecule has 0 aliphatic rings. The number of hydrogen-bond donors (Lipinski definition) is 2.